The van der Waals surface area contributed by atoms with Crippen molar-refractivity contribution in [2.75, 3.05) is 0 Å². The largest absolute Gasteiger partial charge is 0.393 e. The summed E-state index contributed by atoms with van der Waals surface area (Å²) >= 11 is 0. The van der Waals surface area contributed by atoms with E-state index in [-0.39, 0.29) is 6.10 Å². The maximum absolute atomic E-state index is 11.4. The number of fused-ring (bicyclic) bond motifs is 5. The molecule has 10 atom stereocenters. The first kappa shape index (κ1) is 22.2. The molecule has 0 aromatic rings. The highest BCUT2D eigenvalue weighted by molar-refractivity contribution is 5.11. The molecule has 0 heterocycles. The molecule has 4 aliphatic carbocycles. The highest BCUT2D eigenvalue weighted by Gasteiger charge is 2.62. The van der Waals surface area contributed by atoms with E-state index >= 15 is 0 Å². The van der Waals surface area contributed by atoms with Gasteiger partial charge in [-0.3, -0.25) is 0 Å². The van der Waals surface area contributed by atoms with Crippen LogP contribution in [-0.2, 0) is 0 Å². The number of aliphatic hydroxyl groups excluding tert-OH is 1. The Morgan fingerprint density at radius 2 is 1.55 bits per heavy atom. The minimum Gasteiger partial charge on any atom is -0.393 e. The van der Waals surface area contributed by atoms with Crippen molar-refractivity contribution in [1.29, 1.82) is 0 Å². The lowest BCUT2D eigenvalue weighted by Gasteiger charge is -2.62. The molecular formula is C28H50O. The molecule has 4 rings (SSSR count). The van der Waals surface area contributed by atoms with Crippen molar-refractivity contribution in [3.05, 3.63) is 0 Å². The normalized spacial score (nSPS) is 50.7. The summed E-state index contributed by atoms with van der Waals surface area (Å²) in [6.07, 6.45) is 15.1. The van der Waals surface area contributed by atoms with Crippen LogP contribution in [0.5, 0.6) is 0 Å². The van der Waals surface area contributed by atoms with Crippen LogP contribution in [-0.4, -0.2) is 11.2 Å². The molecule has 0 bridgehead atoms. The summed E-state index contributed by atoms with van der Waals surface area (Å²) in [5.41, 5.74) is 1.00. The van der Waals surface area contributed by atoms with Gasteiger partial charge in [-0.25, -0.2) is 0 Å². The van der Waals surface area contributed by atoms with Gasteiger partial charge in [-0.05, 0) is 103 Å². The molecule has 0 saturated heterocycles. The van der Waals surface area contributed by atoms with Gasteiger partial charge in [0, 0.05) is 0 Å². The summed E-state index contributed by atoms with van der Waals surface area (Å²) in [6, 6.07) is 0. The van der Waals surface area contributed by atoms with Crippen LogP contribution in [0, 0.1) is 58.2 Å². The Kier molecular flexibility index (Phi) is 6.22. The quantitative estimate of drug-likeness (QED) is 0.499. The Labute approximate surface area is 181 Å². The highest BCUT2D eigenvalue weighted by atomic mass is 16.3. The third kappa shape index (κ3) is 3.74. The van der Waals surface area contributed by atoms with Gasteiger partial charge >= 0.3 is 0 Å². The van der Waals surface area contributed by atoms with E-state index in [2.05, 4.69) is 41.5 Å². The Bertz CT molecular complexity index is 569. The molecule has 5 unspecified atom stereocenters. The Morgan fingerprint density at radius 3 is 2.28 bits per heavy atom. The first-order chi connectivity index (χ1) is 13.7. The van der Waals surface area contributed by atoms with Gasteiger partial charge in [0.1, 0.15) is 0 Å². The summed E-state index contributed by atoms with van der Waals surface area (Å²) in [6.45, 7) is 15.0. The molecule has 1 heteroatoms. The monoisotopic (exact) mass is 402 g/mol. The minimum absolute atomic E-state index is 0.0250. The van der Waals surface area contributed by atoms with Crippen LogP contribution in [0.3, 0.4) is 0 Å². The van der Waals surface area contributed by atoms with E-state index in [1.165, 1.54) is 64.2 Å². The van der Waals surface area contributed by atoms with Crippen LogP contribution in [0.2, 0.25) is 0 Å². The standard InChI is InChI=1S/C28H50O/c1-18(2)8-7-9-20(4)22-10-11-23-26-24(13-15-28(22,23)6)27(5)14-12-19(3)16-21(27)17-25(26)29/h18-26,29H,7-17H2,1-6H3/t19-,20?,21-,22-,23?,24?,25?,26?,27+,28-/m1/s1. The number of hydrogen-bond donors (Lipinski definition) is 1. The van der Waals surface area contributed by atoms with E-state index in [0.717, 1.165) is 47.8 Å². The summed E-state index contributed by atoms with van der Waals surface area (Å²) < 4.78 is 0. The average molecular weight is 403 g/mol. The van der Waals surface area contributed by atoms with Crippen molar-refractivity contribution in [3.8, 4) is 0 Å². The molecule has 0 aromatic heterocycles. The molecule has 1 nitrogen and oxygen atoms in total. The van der Waals surface area contributed by atoms with Gasteiger partial charge in [0.25, 0.3) is 0 Å². The SMILES string of the molecule is CC(C)CCCC(C)[C@H]1CCC2C3C(O)C[C@H]4C[C@H](C)CC[C@]4(C)C3CC[C@@]21C. The van der Waals surface area contributed by atoms with Gasteiger partial charge in [0.2, 0.25) is 0 Å². The van der Waals surface area contributed by atoms with Crippen molar-refractivity contribution in [3.63, 3.8) is 0 Å². The zero-order chi connectivity index (χ0) is 21.0. The smallest absolute Gasteiger partial charge is 0.0577 e. The lowest BCUT2D eigenvalue weighted by molar-refractivity contribution is -0.168. The third-order valence-corrected chi connectivity index (χ3v) is 11.1. The van der Waals surface area contributed by atoms with Crippen molar-refractivity contribution in [2.24, 2.45) is 58.2 Å². The van der Waals surface area contributed by atoms with Gasteiger partial charge in [-0.2, -0.15) is 0 Å². The van der Waals surface area contributed by atoms with Gasteiger partial charge < -0.3 is 5.11 Å². The molecule has 29 heavy (non-hydrogen) atoms. The fourth-order valence-corrected chi connectivity index (χ4v) is 9.46. The molecular weight excluding hydrogens is 352 g/mol. The molecule has 4 fully saturated rings. The highest BCUT2D eigenvalue weighted by Crippen LogP contribution is 2.68. The molecule has 0 aliphatic heterocycles. The third-order valence-electron chi connectivity index (χ3n) is 11.1. The maximum Gasteiger partial charge on any atom is 0.0577 e. The Hall–Kier alpha value is -0.0400. The second-order valence-electron chi connectivity index (χ2n) is 13.2. The lowest BCUT2D eigenvalue weighted by atomic mass is 9.43. The van der Waals surface area contributed by atoms with E-state index < -0.39 is 0 Å². The Balaban J connectivity index is 1.50. The van der Waals surface area contributed by atoms with E-state index in [1.807, 2.05) is 0 Å². The molecule has 0 radical (unpaired) electrons. The molecule has 0 spiro atoms. The fraction of sp³-hybridized carbons (Fsp3) is 1.00. The maximum atomic E-state index is 11.4. The summed E-state index contributed by atoms with van der Waals surface area (Å²) in [5.74, 6) is 6.41. The predicted molar refractivity (Wildman–Crippen MR) is 124 cm³/mol. The topological polar surface area (TPSA) is 20.2 Å². The average Bonchev–Trinajstić information content (AvgIpc) is 3.00. The second kappa shape index (κ2) is 8.14. The lowest BCUT2D eigenvalue weighted by Crippen LogP contribution is -2.58. The summed E-state index contributed by atoms with van der Waals surface area (Å²) in [4.78, 5) is 0. The molecule has 168 valence electrons. The zero-order valence-electron chi connectivity index (χ0n) is 20.4. The first-order valence-electron chi connectivity index (χ1n) is 13.3. The second-order valence-corrected chi connectivity index (χ2v) is 13.2. The van der Waals surface area contributed by atoms with Crippen LogP contribution in [0.15, 0.2) is 0 Å². The van der Waals surface area contributed by atoms with Crippen LogP contribution in [0.25, 0.3) is 0 Å². The molecule has 4 saturated carbocycles. The minimum atomic E-state index is -0.0250. The predicted octanol–water partition coefficient (Wildman–Crippen LogP) is 7.71. The van der Waals surface area contributed by atoms with Gasteiger partial charge in [-0.1, -0.05) is 67.2 Å². The van der Waals surface area contributed by atoms with Crippen molar-refractivity contribution < 1.29 is 5.11 Å². The summed E-state index contributed by atoms with van der Waals surface area (Å²) in [5, 5.41) is 11.4. The molecule has 4 aliphatic rings. The molecule has 0 amide bonds. The van der Waals surface area contributed by atoms with Gasteiger partial charge in [0.05, 0.1) is 6.10 Å². The number of rotatable bonds is 5. The van der Waals surface area contributed by atoms with Gasteiger partial charge in [-0.15, -0.1) is 0 Å². The van der Waals surface area contributed by atoms with E-state index in [1.54, 1.807) is 0 Å². The van der Waals surface area contributed by atoms with Crippen molar-refractivity contribution in [1.82, 2.24) is 0 Å². The zero-order valence-corrected chi connectivity index (χ0v) is 20.4. The Morgan fingerprint density at radius 1 is 0.862 bits per heavy atom. The van der Waals surface area contributed by atoms with Crippen LogP contribution in [0.4, 0.5) is 0 Å². The number of aliphatic hydroxyl groups is 1. The van der Waals surface area contributed by atoms with Gasteiger partial charge in [0.15, 0.2) is 0 Å². The van der Waals surface area contributed by atoms with Crippen LogP contribution in [0.1, 0.15) is 112 Å². The van der Waals surface area contributed by atoms with E-state index in [4.69, 9.17) is 0 Å². The van der Waals surface area contributed by atoms with Crippen molar-refractivity contribution >= 4 is 0 Å². The van der Waals surface area contributed by atoms with E-state index in [0.29, 0.717) is 16.7 Å². The fourth-order valence-electron chi connectivity index (χ4n) is 9.46. The molecule has 0 aromatic carbocycles. The summed E-state index contributed by atoms with van der Waals surface area (Å²) in [7, 11) is 0. The van der Waals surface area contributed by atoms with Crippen LogP contribution >= 0.6 is 0 Å². The van der Waals surface area contributed by atoms with Crippen LogP contribution < -0.4 is 0 Å². The van der Waals surface area contributed by atoms with Crippen molar-refractivity contribution in [2.45, 2.75) is 118 Å². The van der Waals surface area contributed by atoms with E-state index in [9.17, 15) is 5.11 Å². The molecule has 1 N–H and O–H groups in total. The number of hydrogen-bond acceptors (Lipinski definition) is 1. The first-order valence-corrected chi connectivity index (χ1v) is 13.3.